The molecule has 0 aliphatic heterocycles. The van der Waals surface area contributed by atoms with Gasteiger partial charge in [-0.3, -0.25) is 4.79 Å². The van der Waals surface area contributed by atoms with Gasteiger partial charge in [-0.1, -0.05) is 12.1 Å². The van der Waals surface area contributed by atoms with E-state index in [4.69, 9.17) is 5.73 Å². The first-order valence-electron chi connectivity index (χ1n) is 5.24. The van der Waals surface area contributed by atoms with Crippen LogP contribution in [-0.2, 0) is 4.79 Å². The van der Waals surface area contributed by atoms with Crippen LogP contribution in [0.3, 0.4) is 0 Å². The van der Waals surface area contributed by atoms with Gasteiger partial charge in [-0.25, -0.2) is 9.07 Å². The van der Waals surface area contributed by atoms with Gasteiger partial charge in [-0.05, 0) is 19.1 Å². The molecule has 0 aliphatic carbocycles. The Balaban J connectivity index is 0.000000357. The van der Waals surface area contributed by atoms with Crippen LogP contribution < -0.4 is 11.5 Å². The molecule has 2 rings (SSSR count). The second kappa shape index (κ2) is 5.81. The van der Waals surface area contributed by atoms with Crippen LogP contribution in [0.1, 0.15) is 12.5 Å². The highest BCUT2D eigenvalue weighted by Gasteiger charge is 2.08. The molecule has 4 N–H and O–H groups in total. The van der Waals surface area contributed by atoms with Gasteiger partial charge in [-0.2, -0.15) is 5.10 Å². The summed E-state index contributed by atoms with van der Waals surface area (Å²) in [6, 6.07) is 6.39. The van der Waals surface area contributed by atoms with Gasteiger partial charge >= 0.3 is 0 Å². The van der Waals surface area contributed by atoms with E-state index in [-0.39, 0.29) is 11.7 Å². The van der Waals surface area contributed by atoms with E-state index in [1.165, 1.54) is 17.7 Å². The molecule has 96 valence electrons. The Labute approximate surface area is 104 Å². The lowest BCUT2D eigenvalue weighted by molar-refractivity contribution is -0.115. The van der Waals surface area contributed by atoms with Crippen LogP contribution in [-0.4, -0.2) is 15.7 Å². The van der Waals surface area contributed by atoms with E-state index in [2.05, 4.69) is 10.8 Å². The van der Waals surface area contributed by atoms with Crippen LogP contribution in [0.2, 0.25) is 0 Å². The second-order valence-corrected chi connectivity index (χ2v) is 3.69. The first-order chi connectivity index (χ1) is 8.43. The third kappa shape index (κ3) is 3.31. The molecule has 0 aliphatic rings. The fourth-order valence-corrected chi connectivity index (χ4v) is 1.26. The number of halogens is 1. The maximum Gasteiger partial charge on any atom is 0.214 e. The standard InChI is InChI=1S/C10H10FN3.C2H5NO/c1-7-6-13-14(10(7)12)9-5-3-2-4-8(9)11;1-2(3)4/h2-6H,12H2,1H3;1H3,(H2,3,4). The van der Waals surface area contributed by atoms with E-state index >= 15 is 0 Å². The number of anilines is 1. The van der Waals surface area contributed by atoms with Crippen molar-refractivity contribution in [1.29, 1.82) is 0 Å². The van der Waals surface area contributed by atoms with Gasteiger partial charge in [0.25, 0.3) is 0 Å². The molecule has 18 heavy (non-hydrogen) atoms. The third-order valence-electron chi connectivity index (χ3n) is 2.08. The SMILES string of the molecule is CC(N)=O.Cc1cnn(-c2ccccc2F)c1N. The minimum Gasteiger partial charge on any atom is -0.383 e. The van der Waals surface area contributed by atoms with Crippen molar-refractivity contribution in [3.63, 3.8) is 0 Å². The molecule has 0 radical (unpaired) electrons. The largest absolute Gasteiger partial charge is 0.383 e. The van der Waals surface area contributed by atoms with Crippen LogP contribution >= 0.6 is 0 Å². The van der Waals surface area contributed by atoms with Crippen LogP contribution in [0, 0.1) is 12.7 Å². The molecular formula is C12H15FN4O. The van der Waals surface area contributed by atoms with Crippen molar-refractivity contribution < 1.29 is 9.18 Å². The highest BCUT2D eigenvalue weighted by molar-refractivity contribution is 5.70. The lowest BCUT2D eigenvalue weighted by Crippen LogP contribution is -2.04. The van der Waals surface area contributed by atoms with Crippen LogP contribution in [0.4, 0.5) is 10.2 Å². The van der Waals surface area contributed by atoms with Gasteiger partial charge in [0.15, 0.2) is 0 Å². The number of carbonyl (C=O) groups is 1. The number of aryl methyl sites for hydroxylation is 1. The summed E-state index contributed by atoms with van der Waals surface area (Å²) in [7, 11) is 0. The Morgan fingerprint density at radius 3 is 2.39 bits per heavy atom. The number of rotatable bonds is 1. The molecule has 0 atom stereocenters. The summed E-state index contributed by atoms with van der Waals surface area (Å²) in [5.74, 6) is -0.197. The van der Waals surface area contributed by atoms with Gasteiger partial charge in [-0.15, -0.1) is 0 Å². The van der Waals surface area contributed by atoms with E-state index < -0.39 is 0 Å². The van der Waals surface area contributed by atoms with Crippen molar-refractivity contribution in [1.82, 2.24) is 9.78 Å². The highest BCUT2D eigenvalue weighted by Crippen LogP contribution is 2.18. The van der Waals surface area contributed by atoms with Crippen molar-refractivity contribution in [3.05, 3.63) is 41.8 Å². The molecule has 6 heteroatoms. The molecule has 0 saturated heterocycles. The first kappa shape index (κ1) is 13.7. The van der Waals surface area contributed by atoms with E-state index in [1.54, 1.807) is 24.4 Å². The molecule has 0 saturated carbocycles. The van der Waals surface area contributed by atoms with Gasteiger partial charge in [0.05, 0.1) is 6.20 Å². The zero-order valence-corrected chi connectivity index (χ0v) is 10.2. The zero-order chi connectivity index (χ0) is 13.7. The molecule has 0 fully saturated rings. The smallest absolute Gasteiger partial charge is 0.214 e. The maximum absolute atomic E-state index is 13.3. The summed E-state index contributed by atoms with van der Waals surface area (Å²) in [4.78, 5) is 9.22. The Kier molecular flexibility index (Phi) is 4.42. The number of carbonyl (C=O) groups excluding carboxylic acids is 1. The molecule has 1 aromatic heterocycles. The predicted octanol–water partition coefficient (Wildman–Crippen LogP) is 1.39. The fourth-order valence-electron chi connectivity index (χ4n) is 1.26. The quantitative estimate of drug-likeness (QED) is 0.801. The summed E-state index contributed by atoms with van der Waals surface area (Å²) in [5, 5.41) is 4.00. The highest BCUT2D eigenvalue weighted by atomic mass is 19.1. The summed E-state index contributed by atoms with van der Waals surface area (Å²) < 4.78 is 14.7. The van der Waals surface area contributed by atoms with Crippen molar-refractivity contribution in [2.24, 2.45) is 5.73 Å². The molecular weight excluding hydrogens is 235 g/mol. The van der Waals surface area contributed by atoms with Crippen LogP contribution in [0.25, 0.3) is 5.69 Å². The number of nitrogens with two attached hydrogens (primary N) is 2. The lowest BCUT2D eigenvalue weighted by Gasteiger charge is -2.04. The van der Waals surface area contributed by atoms with Crippen molar-refractivity contribution in [2.75, 3.05) is 5.73 Å². The van der Waals surface area contributed by atoms with Crippen LogP contribution in [0.15, 0.2) is 30.5 Å². The molecule has 1 aromatic carbocycles. The average molecular weight is 250 g/mol. The van der Waals surface area contributed by atoms with E-state index in [9.17, 15) is 9.18 Å². The van der Waals surface area contributed by atoms with E-state index in [1.807, 2.05) is 6.92 Å². The van der Waals surface area contributed by atoms with E-state index in [0.29, 0.717) is 11.5 Å². The maximum atomic E-state index is 13.3. The molecule has 1 amide bonds. The number of nitrogen functional groups attached to an aromatic ring is 1. The molecule has 0 spiro atoms. The monoisotopic (exact) mass is 250 g/mol. The number of primary amides is 1. The molecule has 5 nitrogen and oxygen atoms in total. The molecule has 2 aromatic rings. The second-order valence-electron chi connectivity index (χ2n) is 3.69. The van der Waals surface area contributed by atoms with Crippen molar-refractivity contribution >= 4 is 11.7 Å². The van der Waals surface area contributed by atoms with Gasteiger partial charge < -0.3 is 11.5 Å². The summed E-state index contributed by atoms with van der Waals surface area (Å²) in [5.41, 5.74) is 11.4. The number of nitrogens with zero attached hydrogens (tertiary/aromatic N) is 2. The Morgan fingerprint density at radius 1 is 1.39 bits per heavy atom. The normalized spacial score (nSPS) is 9.50. The Hall–Kier alpha value is -2.37. The van der Waals surface area contributed by atoms with Crippen molar-refractivity contribution in [3.8, 4) is 5.69 Å². The van der Waals surface area contributed by atoms with Crippen LogP contribution in [0.5, 0.6) is 0 Å². The Bertz CT molecular complexity index is 547. The number of benzene rings is 1. The summed E-state index contributed by atoms with van der Waals surface area (Å²) in [6.07, 6.45) is 1.61. The first-order valence-corrected chi connectivity index (χ1v) is 5.24. The van der Waals surface area contributed by atoms with Gasteiger partial charge in [0.1, 0.15) is 17.3 Å². The number of hydrogen-bond donors (Lipinski definition) is 2. The minimum absolute atomic E-state index is 0.331. The Morgan fingerprint density at radius 2 is 1.94 bits per heavy atom. The molecule has 0 bridgehead atoms. The summed E-state index contributed by atoms with van der Waals surface area (Å²) in [6.45, 7) is 3.14. The average Bonchev–Trinajstić information content (AvgIpc) is 2.60. The number of hydrogen-bond acceptors (Lipinski definition) is 3. The topological polar surface area (TPSA) is 86.9 Å². The zero-order valence-electron chi connectivity index (χ0n) is 10.2. The van der Waals surface area contributed by atoms with Crippen molar-refractivity contribution in [2.45, 2.75) is 13.8 Å². The van der Waals surface area contributed by atoms with Gasteiger partial charge in [0, 0.05) is 12.5 Å². The molecule has 1 heterocycles. The summed E-state index contributed by atoms with van der Waals surface area (Å²) >= 11 is 0. The number of aromatic nitrogens is 2. The number of amides is 1. The van der Waals surface area contributed by atoms with Gasteiger partial charge in [0.2, 0.25) is 5.91 Å². The molecule has 0 unspecified atom stereocenters. The predicted molar refractivity (Wildman–Crippen MR) is 67.5 cm³/mol. The third-order valence-corrected chi connectivity index (χ3v) is 2.08. The number of para-hydroxylation sites is 1. The lowest BCUT2D eigenvalue weighted by atomic mass is 10.3. The fraction of sp³-hybridized carbons (Fsp3) is 0.167. The minimum atomic E-state index is -0.333. The van der Waals surface area contributed by atoms with E-state index in [0.717, 1.165) is 5.56 Å².